The average molecular weight is 186 g/mol. The van der Waals surface area contributed by atoms with Crippen LogP contribution in [0.1, 0.15) is 33.6 Å². The highest BCUT2D eigenvalue weighted by Gasteiger charge is 2.07. The molecule has 13 heavy (non-hydrogen) atoms. The van der Waals surface area contributed by atoms with Crippen LogP contribution in [0.3, 0.4) is 0 Å². The third-order valence-electron chi connectivity index (χ3n) is 1.73. The Morgan fingerprint density at radius 2 is 2.15 bits per heavy atom. The highest BCUT2D eigenvalue weighted by molar-refractivity contribution is 5.85. The van der Waals surface area contributed by atoms with E-state index in [1.165, 1.54) is 0 Å². The molecule has 0 fully saturated rings. The van der Waals surface area contributed by atoms with E-state index in [0.29, 0.717) is 12.2 Å². The monoisotopic (exact) mass is 186 g/mol. The van der Waals surface area contributed by atoms with Gasteiger partial charge in [-0.2, -0.15) is 0 Å². The van der Waals surface area contributed by atoms with Gasteiger partial charge in [-0.15, -0.1) is 0 Å². The fourth-order valence-electron chi connectivity index (χ4n) is 1.06. The molecule has 0 heterocycles. The van der Waals surface area contributed by atoms with Crippen LogP contribution < -0.4 is 0 Å². The molecule has 0 radical (unpaired) electrons. The Morgan fingerprint density at radius 3 is 2.54 bits per heavy atom. The quantitative estimate of drug-likeness (QED) is 0.647. The zero-order chi connectivity index (χ0) is 10.3. The Hall–Kier alpha value is -0.830. The third kappa shape index (κ3) is 5.42. The van der Waals surface area contributed by atoms with Gasteiger partial charge in [-0.05, 0) is 26.3 Å². The smallest absolute Gasteiger partial charge is 0.331 e. The van der Waals surface area contributed by atoms with Gasteiger partial charge in [-0.3, -0.25) is 0 Å². The first kappa shape index (κ1) is 12.2. The van der Waals surface area contributed by atoms with Gasteiger partial charge in [-0.1, -0.05) is 13.3 Å². The van der Waals surface area contributed by atoms with Gasteiger partial charge < -0.3 is 9.84 Å². The van der Waals surface area contributed by atoms with Crippen molar-refractivity contribution in [3.63, 3.8) is 0 Å². The fraction of sp³-hybridized carbons (Fsp3) is 0.700. The summed E-state index contributed by atoms with van der Waals surface area (Å²) in [5.74, 6) is -0.874. The number of carbonyl (C=O) groups is 1. The number of hydrogen-bond donors (Lipinski definition) is 1. The van der Waals surface area contributed by atoms with Gasteiger partial charge in [0.25, 0.3) is 0 Å². The average Bonchev–Trinajstić information content (AvgIpc) is 2.05. The Morgan fingerprint density at radius 1 is 1.54 bits per heavy atom. The maximum Gasteiger partial charge on any atom is 0.331 e. The van der Waals surface area contributed by atoms with E-state index in [4.69, 9.17) is 9.84 Å². The summed E-state index contributed by atoms with van der Waals surface area (Å²) >= 11 is 0. The van der Waals surface area contributed by atoms with Crippen molar-refractivity contribution in [2.24, 2.45) is 0 Å². The normalized spacial score (nSPS) is 14.2. The molecule has 0 rings (SSSR count). The molecular formula is C10H18O3. The number of ether oxygens (including phenoxy) is 1. The van der Waals surface area contributed by atoms with Crippen LogP contribution in [0.5, 0.6) is 0 Å². The summed E-state index contributed by atoms with van der Waals surface area (Å²) in [4.78, 5) is 10.5. The Balaban J connectivity index is 4.20. The van der Waals surface area contributed by atoms with E-state index in [0.717, 1.165) is 12.8 Å². The molecule has 0 saturated heterocycles. The van der Waals surface area contributed by atoms with Crippen molar-refractivity contribution in [2.45, 2.75) is 39.7 Å². The molecule has 0 aromatic rings. The van der Waals surface area contributed by atoms with Gasteiger partial charge in [-0.25, -0.2) is 4.79 Å². The molecule has 0 aromatic carbocycles. The van der Waals surface area contributed by atoms with Crippen molar-refractivity contribution >= 4 is 5.97 Å². The van der Waals surface area contributed by atoms with Crippen molar-refractivity contribution in [2.75, 3.05) is 6.61 Å². The Labute approximate surface area is 79.4 Å². The van der Waals surface area contributed by atoms with Crippen LogP contribution in [0.2, 0.25) is 0 Å². The van der Waals surface area contributed by atoms with E-state index in [1.54, 1.807) is 13.0 Å². The molecule has 3 heteroatoms. The second-order valence-electron chi connectivity index (χ2n) is 2.94. The molecule has 76 valence electrons. The van der Waals surface area contributed by atoms with Gasteiger partial charge in [0.2, 0.25) is 0 Å². The van der Waals surface area contributed by atoms with Crippen molar-refractivity contribution in [3.05, 3.63) is 11.6 Å². The highest BCUT2D eigenvalue weighted by atomic mass is 16.5. The third-order valence-corrected chi connectivity index (χ3v) is 1.73. The number of aliphatic carboxylic acids is 1. The predicted molar refractivity (Wildman–Crippen MR) is 51.7 cm³/mol. The first-order valence-corrected chi connectivity index (χ1v) is 4.65. The van der Waals surface area contributed by atoms with Gasteiger partial charge in [0.05, 0.1) is 6.10 Å². The van der Waals surface area contributed by atoms with E-state index in [1.807, 2.05) is 6.92 Å². The summed E-state index contributed by atoms with van der Waals surface area (Å²) in [5, 5.41) is 8.64. The summed E-state index contributed by atoms with van der Waals surface area (Å²) in [6.07, 6.45) is 3.49. The molecule has 0 aromatic heterocycles. The fourth-order valence-corrected chi connectivity index (χ4v) is 1.06. The SMILES string of the molecule is CCCC(C=C(C)C(=O)O)OCC. The number of carboxylic acid groups (broad SMARTS) is 1. The Bertz CT molecular complexity index is 179. The maximum atomic E-state index is 10.5. The first-order chi connectivity index (χ1) is 6.11. The van der Waals surface area contributed by atoms with Crippen molar-refractivity contribution in [3.8, 4) is 0 Å². The lowest BCUT2D eigenvalue weighted by molar-refractivity contribution is -0.132. The molecule has 0 bridgehead atoms. The lowest BCUT2D eigenvalue weighted by Gasteiger charge is -2.11. The minimum atomic E-state index is -0.874. The minimum absolute atomic E-state index is 0.0499. The molecule has 3 nitrogen and oxygen atoms in total. The van der Waals surface area contributed by atoms with Gasteiger partial charge in [0.15, 0.2) is 0 Å². The zero-order valence-electron chi connectivity index (χ0n) is 8.54. The van der Waals surface area contributed by atoms with E-state index in [9.17, 15) is 4.79 Å². The maximum absolute atomic E-state index is 10.5. The molecule has 0 amide bonds. The molecule has 1 atom stereocenters. The predicted octanol–water partition coefficient (Wildman–Crippen LogP) is 2.22. The van der Waals surface area contributed by atoms with Crippen molar-refractivity contribution in [1.29, 1.82) is 0 Å². The summed E-state index contributed by atoms with van der Waals surface area (Å²) in [5.41, 5.74) is 0.354. The van der Waals surface area contributed by atoms with Crippen molar-refractivity contribution < 1.29 is 14.6 Å². The van der Waals surface area contributed by atoms with Gasteiger partial charge >= 0.3 is 5.97 Å². The van der Waals surface area contributed by atoms with E-state index < -0.39 is 5.97 Å². The summed E-state index contributed by atoms with van der Waals surface area (Å²) in [6, 6.07) is 0. The molecule has 1 N–H and O–H groups in total. The molecule has 0 spiro atoms. The molecular weight excluding hydrogens is 168 g/mol. The van der Waals surface area contributed by atoms with Crippen LogP contribution in [-0.4, -0.2) is 23.8 Å². The van der Waals surface area contributed by atoms with E-state index in [2.05, 4.69) is 6.92 Å². The largest absolute Gasteiger partial charge is 0.478 e. The standard InChI is InChI=1S/C10H18O3/c1-4-6-9(13-5-2)7-8(3)10(11)12/h7,9H,4-6H2,1-3H3,(H,11,12). The van der Waals surface area contributed by atoms with Crippen LogP contribution in [0, 0.1) is 0 Å². The molecule has 1 unspecified atom stereocenters. The molecule has 0 aliphatic heterocycles. The summed E-state index contributed by atoms with van der Waals surface area (Å²) in [6.45, 7) is 6.17. The Kier molecular flexibility index (Phi) is 6.24. The first-order valence-electron chi connectivity index (χ1n) is 4.65. The number of carboxylic acids is 1. The second kappa shape index (κ2) is 6.66. The molecule has 0 aliphatic carbocycles. The molecule has 0 aliphatic rings. The van der Waals surface area contributed by atoms with Crippen LogP contribution in [0.25, 0.3) is 0 Å². The number of hydrogen-bond acceptors (Lipinski definition) is 2. The summed E-state index contributed by atoms with van der Waals surface area (Å²) < 4.78 is 5.36. The van der Waals surface area contributed by atoms with Crippen LogP contribution in [-0.2, 0) is 9.53 Å². The second-order valence-corrected chi connectivity index (χ2v) is 2.94. The highest BCUT2D eigenvalue weighted by Crippen LogP contribution is 2.07. The van der Waals surface area contributed by atoms with E-state index >= 15 is 0 Å². The van der Waals surface area contributed by atoms with E-state index in [-0.39, 0.29) is 6.10 Å². The van der Waals surface area contributed by atoms with Gasteiger partial charge in [0.1, 0.15) is 0 Å². The zero-order valence-corrected chi connectivity index (χ0v) is 8.54. The van der Waals surface area contributed by atoms with Crippen LogP contribution in [0.4, 0.5) is 0 Å². The lowest BCUT2D eigenvalue weighted by atomic mass is 10.1. The number of rotatable bonds is 6. The molecule has 0 saturated carbocycles. The summed E-state index contributed by atoms with van der Waals surface area (Å²) in [7, 11) is 0. The van der Waals surface area contributed by atoms with Crippen LogP contribution in [0.15, 0.2) is 11.6 Å². The van der Waals surface area contributed by atoms with Crippen molar-refractivity contribution in [1.82, 2.24) is 0 Å². The van der Waals surface area contributed by atoms with Crippen LogP contribution >= 0.6 is 0 Å². The minimum Gasteiger partial charge on any atom is -0.478 e. The van der Waals surface area contributed by atoms with Gasteiger partial charge in [0, 0.05) is 12.2 Å². The lowest BCUT2D eigenvalue weighted by Crippen LogP contribution is -2.11. The topological polar surface area (TPSA) is 46.5 Å².